The summed E-state index contributed by atoms with van der Waals surface area (Å²) in [5, 5.41) is 0. The Balaban J connectivity index is 4.35. The average molecular weight is 885 g/mol. The lowest BCUT2D eigenvalue weighted by Gasteiger charge is -2.18. The second kappa shape index (κ2) is 52.3. The number of hydrogen-bond donors (Lipinski definition) is 0. The summed E-state index contributed by atoms with van der Waals surface area (Å²) in [7, 11) is 0. The smallest absolute Gasteiger partial charge is 0.306 e. The van der Waals surface area contributed by atoms with Crippen molar-refractivity contribution in [3.63, 3.8) is 0 Å². The van der Waals surface area contributed by atoms with E-state index in [-0.39, 0.29) is 31.1 Å². The molecule has 1 unspecified atom stereocenters. The van der Waals surface area contributed by atoms with Crippen molar-refractivity contribution in [3.8, 4) is 0 Å². The fourth-order valence-electron chi connectivity index (χ4n) is 7.94. The Bertz CT molecular complexity index is 1060. The van der Waals surface area contributed by atoms with Crippen LogP contribution in [0, 0.1) is 0 Å². The van der Waals surface area contributed by atoms with Crippen LogP contribution in [0.15, 0.2) is 36.5 Å². The van der Waals surface area contributed by atoms with Gasteiger partial charge in [0.2, 0.25) is 0 Å². The molecular formula is C57H104O6. The van der Waals surface area contributed by atoms with E-state index in [1.54, 1.807) is 0 Å². The standard InChI is InChI=1S/C57H104O6/c1-4-7-10-13-16-19-22-25-27-29-31-32-35-38-41-44-47-50-56(59)62-53-54(52-61-55(58)49-46-43-40-37-34-24-21-18-15-12-9-6-3)63-57(60)51-48-45-42-39-36-33-30-28-26-23-20-17-14-11-8-5-2/h18,20-21,23,28,30,54H,4-17,19,22,24-27,29,31-53H2,1-3H3/b21-18-,23-20-,30-28-. The highest BCUT2D eigenvalue weighted by Crippen LogP contribution is 2.16. The van der Waals surface area contributed by atoms with Crippen LogP contribution in [-0.2, 0) is 28.6 Å². The molecule has 0 amide bonds. The van der Waals surface area contributed by atoms with Crippen molar-refractivity contribution < 1.29 is 28.6 Å². The molecule has 0 saturated carbocycles. The van der Waals surface area contributed by atoms with Crippen LogP contribution < -0.4 is 0 Å². The van der Waals surface area contributed by atoms with Crippen LogP contribution in [-0.4, -0.2) is 37.2 Å². The van der Waals surface area contributed by atoms with E-state index in [1.807, 2.05) is 0 Å². The molecule has 0 saturated heterocycles. The molecule has 0 radical (unpaired) electrons. The molecule has 0 rings (SSSR count). The van der Waals surface area contributed by atoms with Crippen LogP contribution in [0.4, 0.5) is 0 Å². The maximum Gasteiger partial charge on any atom is 0.306 e. The van der Waals surface area contributed by atoms with E-state index in [0.717, 1.165) is 89.9 Å². The van der Waals surface area contributed by atoms with Crippen molar-refractivity contribution in [2.24, 2.45) is 0 Å². The molecule has 368 valence electrons. The molecule has 0 fully saturated rings. The van der Waals surface area contributed by atoms with E-state index >= 15 is 0 Å². The van der Waals surface area contributed by atoms with Crippen LogP contribution in [0.5, 0.6) is 0 Å². The van der Waals surface area contributed by atoms with Crippen LogP contribution in [0.25, 0.3) is 0 Å². The van der Waals surface area contributed by atoms with Gasteiger partial charge in [0.1, 0.15) is 13.2 Å². The average Bonchev–Trinajstić information content (AvgIpc) is 3.28. The third kappa shape index (κ3) is 50.5. The molecule has 0 aliphatic carbocycles. The number of hydrogen-bond acceptors (Lipinski definition) is 6. The van der Waals surface area contributed by atoms with Gasteiger partial charge in [-0.3, -0.25) is 14.4 Å². The highest BCUT2D eigenvalue weighted by Gasteiger charge is 2.19. The summed E-state index contributed by atoms with van der Waals surface area (Å²) in [4.78, 5) is 38.0. The van der Waals surface area contributed by atoms with Gasteiger partial charge in [-0.25, -0.2) is 0 Å². The summed E-state index contributed by atoms with van der Waals surface area (Å²) >= 11 is 0. The van der Waals surface area contributed by atoms with E-state index in [2.05, 4.69) is 57.2 Å². The predicted molar refractivity (Wildman–Crippen MR) is 270 cm³/mol. The monoisotopic (exact) mass is 885 g/mol. The van der Waals surface area contributed by atoms with Gasteiger partial charge in [-0.1, -0.05) is 231 Å². The Kier molecular flexibility index (Phi) is 50.3. The summed E-state index contributed by atoms with van der Waals surface area (Å²) in [6, 6.07) is 0. The molecule has 0 aliphatic rings. The Morgan fingerprint density at radius 1 is 0.317 bits per heavy atom. The molecule has 0 aliphatic heterocycles. The van der Waals surface area contributed by atoms with Gasteiger partial charge in [0.05, 0.1) is 0 Å². The number of unbranched alkanes of at least 4 members (excludes halogenated alkanes) is 33. The number of carbonyl (C=O) groups excluding carboxylic acids is 3. The van der Waals surface area contributed by atoms with Crippen molar-refractivity contribution in [1.29, 1.82) is 0 Å². The fourth-order valence-corrected chi connectivity index (χ4v) is 7.94. The lowest BCUT2D eigenvalue weighted by atomic mass is 10.0. The molecule has 0 aromatic heterocycles. The second-order valence-corrected chi connectivity index (χ2v) is 18.5. The minimum absolute atomic E-state index is 0.0773. The fraction of sp³-hybridized carbons (Fsp3) is 0.842. The maximum absolute atomic E-state index is 12.8. The Labute approximate surface area is 391 Å². The third-order valence-corrected chi connectivity index (χ3v) is 12.1. The molecule has 0 N–H and O–H groups in total. The van der Waals surface area contributed by atoms with Crippen LogP contribution >= 0.6 is 0 Å². The lowest BCUT2D eigenvalue weighted by Crippen LogP contribution is -2.30. The maximum atomic E-state index is 12.8. The Morgan fingerprint density at radius 3 is 0.937 bits per heavy atom. The van der Waals surface area contributed by atoms with Gasteiger partial charge in [-0.2, -0.15) is 0 Å². The van der Waals surface area contributed by atoms with Gasteiger partial charge in [0.15, 0.2) is 6.10 Å². The van der Waals surface area contributed by atoms with Crippen molar-refractivity contribution in [1.82, 2.24) is 0 Å². The van der Waals surface area contributed by atoms with Crippen molar-refractivity contribution in [2.75, 3.05) is 13.2 Å². The molecule has 0 aromatic carbocycles. The molecule has 0 spiro atoms. The van der Waals surface area contributed by atoms with Crippen molar-refractivity contribution >= 4 is 17.9 Å². The van der Waals surface area contributed by atoms with Gasteiger partial charge in [-0.05, 0) is 77.0 Å². The second-order valence-electron chi connectivity index (χ2n) is 18.5. The molecule has 0 heterocycles. The van der Waals surface area contributed by atoms with E-state index in [1.165, 1.54) is 161 Å². The zero-order chi connectivity index (χ0) is 45.8. The van der Waals surface area contributed by atoms with Gasteiger partial charge < -0.3 is 14.2 Å². The van der Waals surface area contributed by atoms with E-state index < -0.39 is 6.10 Å². The molecule has 6 nitrogen and oxygen atoms in total. The quantitative estimate of drug-likeness (QED) is 0.0262. The van der Waals surface area contributed by atoms with Gasteiger partial charge >= 0.3 is 17.9 Å². The molecule has 0 bridgehead atoms. The Hall–Kier alpha value is -2.37. The van der Waals surface area contributed by atoms with Gasteiger partial charge in [0, 0.05) is 19.3 Å². The van der Waals surface area contributed by atoms with Gasteiger partial charge in [0.25, 0.3) is 0 Å². The first-order chi connectivity index (χ1) is 31.0. The van der Waals surface area contributed by atoms with Gasteiger partial charge in [-0.15, -0.1) is 0 Å². The summed E-state index contributed by atoms with van der Waals surface area (Å²) in [5.74, 6) is -0.887. The molecular weight excluding hydrogens is 781 g/mol. The van der Waals surface area contributed by atoms with Crippen LogP contribution in [0.3, 0.4) is 0 Å². The van der Waals surface area contributed by atoms with Crippen LogP contribution in [0.2, 0.25) is 0 Å². The van der Waals surface area contributed by atoms with E-state index in [9.17, 15) is 14.4 Å². The number of rotatable bonds is 50. The summed E-state index contributed by atoms with van der Waals surface area (Å²) < 4.78 is 16.8. The highest BCUT2D eigenvalue weighted by molar-refractivity contribution is 5.71. The highest BCUT2D eigenvalue weighted by atomic mass is 16.6. The molecule has 63 heavy (non-hydrogen) atoms. The third-order valence-electron chi connectivity index (χ3n) is 12.1. The minimum atomic E-state index is -0.779. The molecule has 1 atom stereocenters. The largest absolute Gasteiger partial charge is 0.462 e. The number of esters is 3. The van der Waals surface area contributed by atoms with E-state index in [4.69, 9.17) is 14.2 Å². The first-order valence-corrected chi connectivity index (χ1v) is 27.5. The van der Waals surface area contributed by atoms with Crippen molar-refractivity contribution in [3.05, 3.63) is 36.5 Å². The predicted octanol–water partition coefficient (Wildman–Crippen LogP) is 18.1. The van der Waals surface area contributed by atoms with E-state index in [0.29, 0.717) is 19.3 Å². The Morgan fingerprint density at radius 2 is 0.571 bits per heavy atom. The number of allylic oxidation sites excluding steroid dienone is 6. The normalized spacial score (nSPS) is 12.2. The zero-order valence-electron chi connectivity index (χ0n) is 42.1. The summed E-state index contributed by atoms with van der Waals surface area (Å²) in [5.41, 5.74) is 0. The summed E-state index contributed by atoms with van der Waals surface area (Å²) in [6.07, 6.45) is 61.3. The molecule has 0 aromatic rings. The number of carbonyl (C=O) groups is 3. The first kappa shape index (κ1) is 60.6. The van der Waals surface area contributed by atoms with Crippen molar-refractivity contribution in [2.45, 2.75) is 297 Å². The SMILES string of the molecule is CCCCC/C=C\CCCCCCCC(=O)OCC(COC(=O)CCCCCCCCCCCCCCCCCCC)OC(=O)CCCCCCC/C=C\C/C=C\CCCCCC. The summed E-state index contributed by atoms with van der Waals surface area (Å²) in [6.45, 7) is 6.61. The topological polar surface area (TPSA) is 78.9 Å². The van der Waals surface area contributed by atoms with Crippen LogP contribution in [0.1, 0.15) is 290 Å². The zero-order valence-corrected chi connectivity index (χ0v) is 42.1. The minimum Gasteiger partial charge on any atom is -0.462 e. The number of ether oxygens (including phenoxy) is 3. The lowest BCUT2D eigenvalue weighted by molar-refractivity contribution is -0.167. The first-order valence-electron chi connectivity index (χ1n) is 27.5. The molecule has 6 heteroatoms.